The summed E-state index contributed by atoms with van der Waals surface area (Å²) < 4.78 is 13.0. The first-order valence-electron chi connectivity index (χ1n) is 11.0. The quantitative estimate of drug-likeness (QED) is 0.375. The van der Waals surface area contributed by atoms with E-state index in [9.17, 15) is 4.79 Å². The van der Waals surface area contributed by atoms with E-state index in [4.69, 9.17) is 9.47 Å². The number of aromatic nitrogens is 3. The van der Waals surface area contributed by atoms with Gasteiger partial charge in [0.05, 0.1) is 11.8 Å². The molecular weight excluding hydrogens is 448 g/mol. The Morgan fingerprint density at radius 3 is 2.59 bits per heavy atom. The fourth-order valence-corrected chi connectivity index (χ4v) is 4.48. The summed E-state index contributed by atoms with van der Waals surface area (Å²) in [6.45, 7) is 4.65. The second-order valence-electron chi connectivity index (χ2n) is 8.06. The van der Waals surface area contributed by atoms with Crippen LogP contribution >= 0.6 is 11.8 Å². The molecule has 0 fully saturated rings. The number of carbonyl (C=O) groups is 1. The van der Waals surface area contributed by atoms with Gasteiger partial charge in [0.1, 0.15) is 0 Å². The standard InChI is InChI=1S/C26H24N4O3S/c1-17-8-11-21(12-9-17)27-25(31)18(2)34-26-29-28-24(20-6-4-3-5-7-20)30(26)15-19-10-13-22-23(14-19)33-16-32-22/h3-14,18H,15-16H2,1-2H3,(H,27,31). The molecule has 1 aliphatic heterocycles. The summed E-state index contributed by atoms with van der Waals surface area (Å²) in [4.78, 5) is 12.9. The van der Waals surface area contributed by atoms with Gasteiger partial charge in [0.15, 0.2) is 22.5 Å². The number of nitrogens with zero attached hydrogens (tertiary/aromatic N) is 3. The average molecular weight is 473 g/mol. The van der Waals surface area contributed by atoms with Gasteiger partial charge in [-0.1, -0.05) is 65.9 Å². The van der Waals surface area contributed by atoms with Crippen LogP contribution in [0.5, 0.6) is 11.5 Å². The van der Waals surface area contributed by atoms with E-state index < -0.39 is 0 Å². The minimum absolute atomic E-state index is 0.0901. The van der Waals surface area contributed by atoms with Gasteiger partial charge in [0.25, 0.3) is 0 Å². The van der Waals surface area contributed by atoms with E-state index in [0.717, 1.165) is 39.7 Å². The van der Waals surface area contributed by atoms with Crippen molar-refractivity contribution >= 4 is 23.4 Å². The highest BCUT2D eigenvalue weighted by molar-refractivity contribution is 8.00. The Morgan fingerprint density at radius 1 is 1.03 bits per heavy atom. The van der Waals surface area contributed by atoms with E-state index in [-0.39, 0.29) is 18.0 Å². The Kier molecular flexibility index (Phi) is 6.22. The van der Waals surface area contributed by atoms with Crippen LogP contribution < -0.4 is 14.8 Å². The van der Waals surface area contributed by atoms with Crippen molar-refractivity contribution in [1.29, 1.82) is 0 Å². The van der Waals surface area contributed by atoms with Gasteiger partial charge in [-0.3, -0.25) is 9.36 Å². The predicted octanol–water partition coefficient (Wildman–Crippen LogP) is 5.15. The first-order chi connectivity index (χ1) is 16.6. The maximum Gasteiger partial charge on any atom is 0.237 e. The molecule has 1 aliphatic rings. The molecule has 0 spiro atoms. The lowest BCUT2D eigenvalue weighted by atomic mass is 10.2. The summed E-state index contributed by atoms with van der Waals surface area (Å²) in [7, 11) is 0. The van der Waals surface area contributed by atoms with E-state index in [1.807, 2.05) is 91.2 Å². The van der Waals surface area contributed by atoms with Gasteiger partial charge in [-0.15, -0.1) is 10.2 Å². The molecular formula is C26H24N4O3S. The number of amides is 1. The first kappa shape index (κ1) is 22.0. The molecule has 4 aromatic rings. The number of aryl methyl sites for hydroxylation is 1. The zero-order chi connectivity index (χ0) is 23.5. The number of hydrogen-bond donors (Lipinski definition) is 1. The van der Waals surface area contributed by atoms with E-state index in [2.05, 4.69) is 15.5 Å². The molecule has 1 amide bonds. The largest absolute Gasteiger partial charge is 0.454 e. The summed E-state index contributed by atoms with van der Waals surface area (Å²) in [5.41, 5.74) is 3.90. The minimum Gasteiger partial charge on any atom is -0.454 e. The molecule has 1 aromatic heterocycles. The topological polar surface area (TPSA) is 78.3 Å². The highest BCUT2D eigenvalue weighted by atomic mass is 32.2. The van der Waals surface area contributed by atoms with Gasteiger partial charge in [0, 0.05) is 11.3 Å². The number of ether oxygens (including phenoxy) is 2. The van der Waals surface area contributed by atoms with Crippen LogP contribution in [0.15, 0.2) is 78.0 Å². The fourth-order valence-electron chi connectivity index (χ4n) is 3.63. The summed E-state index contributed by atoms with van der Waals surface area (Å²) >= 11 is 1.38. The number of thioether (sulfide) groups is 1. The predicted molar refractivity (Wildman–Crippen MR) is 132 cm³/mol. The van der Waals surface area contributed by atoms with Crippen molar-refractivity contribution in [3.8, 4) is 22.9 Å². The smallest absolute Gasteiger partial charge is 0.237 e. The number of fused-ring (bicyclic) bond motifs is 1. The third-order valence-corrected chi connectivity index (χ3v) is 6.58. The van der Waals surface area contributed by atoms with Crippen LogP contribution in [0.1, 0.15) is 18.1 Å². The SMILES string of the molecule is Cc1ccc(NC(=O)C(C)Sc2nnc(-c3ccccc3)n2Cc2ccc3c(c2)OCO3)cc1. The highest BCUT2D eigenvalue weighted by Gasteiger charge is 2.22. The third-order valence-electron chi connectivity index (χ3n) is 5.50. The number of anilines is 1. The van der Waals surface area contributed by atoms with E-state index in [1.54, 1.807) is 0 Å². The molecule has 2 heterocycles. The molecule has 0 saturated heterocycles. The lowest BCUT2D eigenvalue weighted by Crippen LogP contribution is -2.23. The summed E-state index contributed by atoms with van der Waals surface area (Å²) in [6.07, 6.45) is 0. The van der Waals surface area contributed by atoms with Gasteiger partial charge in [-0.25, -0.2) is 0 Å². The average Bonchev–Trinajstić information content (AvgIpc) is 3.48. The fraction of sp³-hybridized carbons (Fsp3) is 0.192. The van der Waals surface area contributed by atoms with Crippen LogP contribution in [0.3, 0.4) is 0 Å². The van der Waals surface area contributed by atoms with Gasteiger partial charge in [0.2, 0.25) is 12.7 Å². The summed E-state index contributed by atoms with van der Waals surface area (Å²) in [6, 6.07) is 23.6. The molecule has 0 radical (unpaired) electrons. The zero-order valence-corrected chi connectivity index (χ0v) is 19.7. The van der Waals surface area contributed by atoms with Crippen LogP contribution in [-0.2, 0) is 11.3 Å². The normalized spacial score (nSPS) is 13.0. The van der Waals surface area contributed by atoms with Crippen LogP contribution in [0, 0.1) is 6.92 Å². The number of nitrogens with one attached hydrogen (secondary N) is 1. The molecule has 34 heavy (non-hydrogen) atoms. The molecule has 0 saturated carbocycles. The highest BCUT2D eigenvalue weighted by Crippen LogP contribution is 2.34. The van der Waals surface area contributed by atoms with Crippen molar-refractivity contribution in [3.05, 3.63) is 83.9 Å². The lowest BCUT2D eigenvalue weighted by molar-refractivity contribution is -0.115. The summed E-state index contributed by atoms with van der Waals surface area (Å²) in [5.74, 6) is 2.12. The van der Waals surface area contributed by atoms with E-state index >= 15 is 0 Å². The van der Waals surface area contributed by atoms with Crippen molar-refractivity contribution in [2.75, 3.05) is 12.1 Å². The van der Waals surface area contributed by atoms with Crippen molar-refractivity contribution < 1.29 is 14.3 Å². The molecule has 1 atom stereocenters. The van der Waals surface area contributed by atoms with Crippen molar-refractivity contribution in [2.24, 2.45) is 0 Å². The molecule has 7 nitrogen and oxygen atoms in total. The number of carbonyl (C=O) groups excluding carboxylic acids is 1. The van der Waals surface area contributed by atoms with E-state index in [0.29, 0.717) is 11.7 Å². The molecule has 3 aromatic carbocycles. The van der Waals surface area contributed by atoms with Gasteiger partial charge in [-0.05, 0) is 43.7 Å². The van der Waals surface area contributed by atoms with Crippen molar-refractivity contribution in [2.45, 2.75) is 30.8 Å². The zero-order valence-electron chi connectivity index (χ0n) is 18.9. The Balaban J connectivity index is 1.40. The number of benzene rings is 3. The molecule has 0 bridgehead atoms. The van der Waals surface area contributed by atoms with Crippen LogP contribution in [0.4, 0.5) is 5.69 Å². The molecule has 1 unspecified atom stereocenters. The maximum absolute atomic E-state index is 12.9. The van der Waals surface area contributed by atoms with Crippen molar-refractivity contribution in [3.63, 3.8) is 0 Å². The summed E-state index contributed by atoms with van der Waals surface area (Å²) in [5, 5.41) is 12.2. The monoisotopic (exact) mass is 472 g/mol. The first-order valence-corrected chi connectivity index (χ1v) is 11.9. The lowest BCUT2D eigenvalue weighted by Gasteiger charge is -2.14. The minimum atomic E-state index is -0.371. The second-order valence-corrected chi connectivity index (χ2v) is 9.37. The van der Waals surface area contributed by atoms with Gasteiger partial charge in [-0.2, -0.15) is 0 Å². The number of rotatable bonds is 7. The maximum atomic E-state index is 12.9. The van der Waals surface area contributed by atoms with Crippen LogP contribution in [0.2, 0.25) is 0 Å². The van der Waals surface area contributed by atoms with Gasteiger partial charge >= 0.3 is 0 Å². The molecule has 5 rings (SSSR count). The number of hydrogen-bond acceptors (Lipinski definition) is 6. The van der Waals surface area contributed by atoms with Crippen molar-refractivity contribution in [1.82, 2.24) is 14.8 Å². The van der Waals surface area contributed by atoms with E-state index in [1.165, 1.54) is 11.8 Å². The molecule has 1 N–H and O–H groups in total. The Labute approximate surface area is 202 Å². The molecule has 172 valence electrons. The van der Waals surface area contributed by atoms with Crippen LogP contribution in [-0.4, -0.2) is 32.7 Å². The molecule has 0 aliphatic carbocycles. The third kappa shape index (κ3) is 4.77. The second kappa shape index (κ2) is 9.61. The Bertz CT molecular complexity index is 1310. The Morgan fingerprint density at radius 2 is 1.79 bits per heavy atom. The van der Waals surface area contributed by atoms with Crippen LogP contribution in [0.25, 0.3) is 11.4 Å². The molecule has 8 heteroatoms. The van der Waals surface area contributed by atoms with Gasteiger partial charge < -0.3 is 14.8 Å². The Hall–Kier alpha value is -3.78.